The van der Waals surface area contributed by atoms with Crippen molar-refractivity contribution in [2.45, 2.75) is 54.0 Å². The monoisotopic (exact) mass is 171 g/mol. The van der Waals surface area contributed by atoms with Crippen molar-refractivity contribution < 1.29 is 0 Å². The second kappa shape index (κ2) is 4.86. The zero-order valence-electron chi connectivity index (χ0n) is 9.57. The highest BCUT2D eigenvalue weighted by Crippen LogP contribution is 2.32. The minimum atomic E-state index is 0.498. The summed E-state index contributed by atoms with van der Waals surface area (Å²) in [6.45, 7) is 14.5. The summed E-state index contributed by atoms with van der Waals surface area (Å²) >= 11 is 0. The van der Waals surface area contributed by atoms with Gasteiger partial charge in [-0.3, -0.25) is 0 Å². The van der Waals surface area contributed by atoms with Gasteiger partial charge in [0.05, 0.1) is 0 Å². The summed E-state index contributed by atoms with van der Waals surface area (Å²) in [5.41, 5.74) is 0.498. The summed E-state index contributed by atoms with van der Waals surface area (Å²) in [5, 5.41) is 3.52. The van der Waals surface area contributed by atoms with Crippen LogP contribution in [0.4, 0.5) is 0 Å². The zero-order valence-corrected chi connectivity index (χ0v) is 9.57. The fraction of sp³-hybridized carbons (Fsp3) is 1.00. The lowest BCUT2D eigenvalue weighted by Crippen LogP contribution is -2.47. The van der Waals surface area contributed by atoms with Gasteiger partial charge in [-0.25, -0.2) is 0 Å². The molecular weight excluding hydrogens is 146 g/mol. The lowest BCUT2D eigenvalue weighted by atomic mass is 9.75. The van der Waals surface area contributed by atoms with Crippen LogP contribution in [0.1, 0.15) is 48.0 Å². The first-order chi connectivity index (χ1) is 5.52. The van der Waals surface area contributed by atoms with Crippen molar-refractivity contribution in [3.63, 3.8) is 0 Å². The van der Waals surface area contributed by atoms with Crippen LogP contribution in [-0.2, 0) is 0 Å². The van der Waals surface area contributed by atoms with E-state index in [1.807, 2.05) is 13.8 Å². The molecule has 2 unspecified atom stereocenters. The highest BCUT2D eigenvalue weighted by Gasteiger charge is 2.31. The Morgan fingerprint density at radius 3 is 2.00 bits per heavy atom. The van der Waals surface area contributed by atoms with Crippen LogP contribution in [0.2, 0.25) is 0 Å². The molecule has 2 atom stereocenters. The summed E-state index contributed by atoms with van der Waals surface area (Å²) in [6.07, 6.45) is 1.36. The van der Waals surface area contributed by atoms with Gasteiger partial charge >= 0.3 is 0 Å². The van der Waals surface area contributed by atoms with E-state index in [-0.39, 0.29) is 0 Å². The third-order valence-electron chi connectivity index (χ3n) is 2.82. The van der Waals surface area contributed by atoms with Crippen LogP contribution in [0, 0.1) is 11.3 Å². The topological polar surface area (TPSA) is 12.0 Å². The lowest BCUT2D eigenvalue weighted by molar-refractivity contribution is 0.152. The molecule has 1 N–H and O–H groups in total. The van der Waals surface area contributed by atoms with E-state index in [1.165, 1.54) is 13.0 Å². The summed E-state index contributed by atoms with van der Waals surface area (Å²) in [6, 6.07) is 0.684. The maximum atomic E-state index is 3.52. The molecule has 74 valence electrons. The van der Waals surface area contributed by atoms with Gasteiger partial charge in [0.15, 0.2) is 0 Å². The quantitative estimate of drug-likeness (QED) is 0.590. The number of hydrogen-bond acceptors (Lipinski definition) is 1. The maximum Gasteiger partial charge on any atom is 0.00901 e. The minimum absolute atomic E-state index is 0.498. The van der Waals surface area contributed by atoms with Crippen LogP contribution < -0.4 is 5.32 Å². The first-order valence-electron chi connectivity index (χ1n) is 5.26. The van der Waals surface area contributed by atoms with Gasteiger partial charge in [-0.05, 0) is 31.2 Å². The molecule has 0 saturated carbocycles. The van der Waals surface area contributed by atoms with E-state index in [0.29, 0.717) is 11.5 Å². The van der Waals surface area contributed by atoms with Crippen molar-refractivity contribution in [2.24, 2.45) is 11.3 Å². The largest absolute Gasteiger partial charge is 0.313 e. The fourth-order valence-electron chi connectivity index (χ4n) is 1.80. The first kappa shape index (κ1) is 12.0. The van der Waals surface area contributed by atoms with Gasteiger partial charge in [-0.1, -0.05) is 34.6 Å². The SMILES string of the molecule is CC.CC1CNC(C)C(C)(C)C1. The van der Waals surface area contributed by atoms with Crippen LogP contribution in [0.3, 0.4) is 0 Å². The standard InChI is InChI=1S/C9H19N.C2H6/c1-7-5-9(3,4)8(2)10-6-7;1-2/h7-8,10H,5-6H2,1-4H3;1-2H3. The highest BCUT2D eigenvalue weighted by atomic mass is 14.9. The molecule has 0 aromatic heterocycles. The number of nitrogens with one attached hydrogen (secondary N) is 1. The smallest absolute Gasteiger partial charge is 0.00901 e. The molecule has 0 amide bonds. The molecule has 1 aliphatic heterocycles. The van der Waals surface area contributed by atoms with E-state index in [1.54, 1.807) is 0 Å². The molecule has 1 rings (SSSR count). The number of rotatable bonds is 0. The molecule has 0 aromatic carbocycles. The summed E-state index contributed by atoms with van der Waals surface area (Å²) in [7, 11) is 0. The fourth-order valence-corrected chi connectivity index (χ4v) is 1.80. The van der Waals surface area contributed by atoms with Gasteiger partial charge in [0.2, 0.25) is 0 Å². The van der Waals surface area contributed by atoms with E-state index >= 15 is 0 Å². The van der Waals surface area contributed by atoms with Gasteiger partial charge in [-0.2, -0.15) is 0 Å². The summed E-state index contributed by atoms with van der Waals surface area (Å²) in [5.74, 6) is 0.853. The predicted molar refractivity (Wildman–Crippen MR) is 56.4 cm³/mol. The number of hydrogen-bond donors (Lipinski definition) is 1. The molecule has 0 bridgehead atoms. The Hall–Kier alpha value is -0.0400. The van der Waals surface area contributed by atoms with Crippen molar-refractivity contribution in [3.05, 3.63) is 0 Å². The second-order valence-corrected chi connectivity index (χ2v) is 4.43. The molecule has 1 saturated heterocycles. The van der Waals surface area contributed by atoms with Crippen molar-refractivity contribution in [1.29, 1.82) is 0 Å². The summed E-state index contributed by atoms with van der Waals surface area (Å²) in [4.78, 5) is 0. The Labute approximate surface area is 77.9 Å². The molecule has 0 spiro atoms. The Bertz CT molecular complexity index is 118. The molecule has 1 fully saturated rings. The van der Waals surface area contributed by atoms with Crippen molar-refractivity contribution >= 4 is 0 Å². The van der Waals surface area contributed by atoms with E-state index in [2.05, 4.69) is 33.0 Å². The van der Waals surface area contributed by atoms with Crippen molar-refractivity contribution in [3.8, 4) is 0 Å². The molecule has 1 heteroatoms. The van der Waals surface area contributed by atoms with Gasteiger partial charge in [-0.15, -0.1) is 0 Å². The first-order valence-corrected chi connectivity index (χ1v) is 5.26. The summed E-state index contributed by atoms with van der Waals surface area (Å²) < 4.78 is 0. The van der Waals surface area contributed by atoms with Crippen LogP contribution in [0.15, 0.2) is 0 Å². The number of piperidine rings is 1. The van der Waals surface area contributed by atoms with E-state index in [9.17, 15) is 0 Å². The van der Waals surface area contributed by atoms with Gasteiger partial charge in [0.1, 0.15) is 0 Å². The van der Waals surface area contributed by atoms with Crippen LogP contribution in [-0.4, -0.2) is 12.6 Å². The second-order valence-electron chi connectivity index (χ2n) is 4.43. The molecule has 0 radical (unpaired) electrons. The zero-order chi connectivity index (χ0) is 9.78. The molecule has 1 aliphatic rings. The van der Waals surface area contributed by atoms with Crippen molar-refractivity contribution in [2.75, 3.05) is 6.54 Å². The van der Waals surface area contributed by atoms with Crippen molar-refractivity contribution in [1.82, 2.24) is 5.32 Å². The third-order valence-corrected chi connectivity index (χ3v) is 2.82. The molecule has 0 aromatic rings. The van der Waals surface area contributed by atoms with Crippen LogP contribution in [0.25, 0.3) is 0 Å². The molecule has 0 aliphatic carbocycles. The van der Waals surface area contributed by atoms with Gasteiger partial charge in [0, 0.05) is 6.04 Å². The maximum absolute atomic E-state index is 3.52. The normalized spacial score (nSPS) is 33.5. The Morgan fingerprint density at radius 2 is 1.67 bits per heavy atom. The minimum Gasteiger partial charge on any atom is -0.313 e. The molecular formula is C11H25N. The third kappa shape index (κ3) is 3.14. The Balaban J connectivity index is 0.000000561. The molecule has 1 nitrogen and oxygen atoms in total. The van der Waals surface area contributed by atoms with E-state index < -0.39 is 0 Å². The molecule has 12 heavy (non-hydrogen) atoms. The Morgan fingerprint density at radius 1 is 1.17 bits per heavy atom. The van der Waals surface area contributed by atoms with Crippen LogP contribution >= 0.6 is 0 Å². The van der Waals surface area contributed by atoms with Crippen LogP contribution in [0.5, 0.6) is 0 Å². The van der Waals surface area contributed by atoms with E-state index in [0.717, 1.165) is 5.92 Å². The lowest BCUT2D eigenvalue weighted by Gasteiger charge is -2.40. The van der Waals surface area contributed by atoms with E-state index in [4.69, 9.17) is 0 Å². The van der Waals surface area contributed by atoms with Gasteiger partial charge < -0.3 is 5.32 Å². The average molecular weight is 171 g/mol. The van der Waals surface area contributed by atoms with Gasteiger partial charge in [0.25, 0.3) is 0 Å². The Kier molecular flexibility index (Phi) is 4.84. The predicted octanol–water partition coefficient (Wildman–Crippen LogP) is 3.06. The molecule has 1 heterocycles. The average Bonchev–Trinajstić information content (AvgIpc) is 2.01. The highest BCUT2D eigenvalue weighted by molar-refractivity contribution is 4.87.